The quantitative estimate of drug-likeness (QED) is 0.793. The number of para-hydroxylation sites is 1. The number of likely N-dealkylation sites (tertiary alicyclic amines) is 1. The van der Waals surface area contributed by atoms with Gasteiger partial charge < -0.3 is 20.3 Å². The van der Waals surface area contributed by atoms with Crippen molar-refractivity contribution in [2.75, 3.05) is 32.1 Å². The van der Waals surface area contributed by atoms with E-state index in [0.29, 0.717) is 25.4 Å². The van der Waals surface area contributed by atoms with Crippen molar-refractivity contribution in [2.45, 2.75) is 25.8 Å². The van der Waals surface area contributed by atoms with Crippen LogP contribution in [0.5, 0.6) is 0 Å². The fourth-order valence-corrected chi connectivity index (χ4v) is 3.42. The van der Waals surface area contributed by atoms with E-state index in [0.717, 1.165) is 23.7 Å². The number of ether oxygens (including phenoxy) is 1. The molecule has 1 aliphatic heterocycles. The molecule has 27 heavy (non-hydrogen) atoms. The van der Waals surface area contributed by atoms with Crippen LogP contribution in [0.25, 0.3) is 10.9 Å². The zero-order chi connectivity index (χ0) is 19.2. The highest BCUT2D eigenvalue weighted by molar-refractivity contribution is 5.99. The summed E-state index contributed by atoms with van der Waals surface area (Å²) in [6.45, 7) is 3.38. The number of fused-ring (bicyclic) bond motifs is 1. The predicted molar refractivity (Wildman–Crippen MR) is 105 cm³/mol. The molecule has 2 heterocycles. The Morgan fingerprint density at radius 2 is 2.07 bits per heavy atom. The average molecular weight is 370 g/mol. The number of urea groups is 1. The van der Waals surface area contributed by atoms with Crippen LogP contribution in [0.4, 0.5) is 10.5 Å². The highest BCUT2D eigenvalue weighted by Gasteiger charge is 2.32. The van der Waals surface area contributed by atoms with E-state index in [1.54, 1.807) is 18.2 Å². The van der Waals surface area contributed by atoms with Crippen molar-refractivity contribution in [3.8, 4) is 0 Å². The number of benzene rings is 1. The normalized spacial score (nSPS) is 19.7. The average Bonchev–Trinajstić information content (AvgIpc) is 2.68. The standard InChI is InChI=1S/C20H26N4O3/c1-14-8-9-16(19(25)22-11-12-27-2)13-24(14)20(26)23-17-7-3-5-15-6-4-10-21-18(15)17/h3-7,10,14,16H,8-9,11-13H2,1-2H3,(H,22,25)(H,23,26)/t14-,16-/m0/s1. The van der Waals surface area contributed by atoms with Crippen molar-refractivity contribution in [2.24, 2.45) is 5.92 Å². The van der Waals surface area contributed by atoms with Gasteiger partial charge >= 0.3 is 6.03 Å². The van der Waals surface area contributed by atoms with Crippen LogP contribution in [0.2, 0.25) is 0 Å². The number of nitrogens with zero attached hydrogens (tertiary/aromatic N) is 2. The maximum atomic E-state index is 12.9. The van der Waals surface area contributed by atoms with Gasteiger partial charge in [0, 0.05) is 37.8 Å². The molecule has 3 rings (SSSR count). The van der Waals surface area contributed by atoms with Gasteiger partial charge in [-0.05, 0) is 31.9 Å². The van der Waals surface area contributed by atoms with Crippen molar-refractivity contribution < 1.29 is 14.3 Å². The Labute approximate surface area is 159 Å². The van der Waals surface area contributed by atoms with E-state index in [1.165, 1.54) is 0 Å². The van der Waals surface area contributed by atoms with Gasteiger partial charge in [0.2, 0.25) is 5.91 Å². The third kappa shape index (κ3) is 4.54. The first-order chi connectivity index (χ1) is 13.1. The number of nitrogens with one attached hydrogen (secondary N) is 2. The van der Waals surface area contributed by atoms with Crippen molar-refractivity contribution in [1.82, 2.24) is 15.2 Å². The van der Waals surface area contributed by atoms with E-state index in [2.05, 4.69) is 15.6 Å². The van der Waals surface area contributed by atoms with Crippen LogP contribution in [-0.4, -0.2) is 54.7 Å². The van der Waals surface area contributed by atoms with Crippen LogP contribution in [-0.2, 0) is 9.53 Å². The van der Waals surface area contributed by atoms with Crippen LogP contribution in [0.1, 0.15) is 19.8 Å². The maximum absolute atomic E-state index is 12.9. The van der Waals surface area contributed by atoms with Gasteiger partial charge in [-0.3, -0.25) is 9.78 Å². The minimum Gasteiger partial charge on any atom is -0.383 e. The number of anilines is 1. The topological polar surface area (TPSA) is 83.6 Å². The first kappa shape index (κ1) is 19.1. The lowest BCUT2D eigenvalue weighted by Crippen LogP contribution is -2.51. The van der Waals surface area contributed by atoms with Gasteiger partial charge in [-0.25, -0.2) is 4.79 Å². The Bertz CT molecular complexity index is 805. The van der Waals surface area contributed by atoms with E-state index >= 15 is 0 Å². The largest absolute Gasteiger partial charge is 0.383 e. The minimum absolute atomic E-state index is 0.0245. The molecular formula is C20H26N4O3. The van der Waals surface area contributed by atoms with Gasteiger partial charge in [-0.2, -0.15) is 0 Å². The molecular weight excluding hydrogens is 344 g/mol. The van der Waals surface area contributed by atoms with Crippen LogP contribution in [0.3, 0.4) is 0 Å². The SMILES string of the molecule is COCCNC(=O)[C@H]1CC[C@H](C)N(C(=O)Nc2cccc3cccnc23)C1. The zero-order valence-corrected chi connectivity index (χ0v) is 15.8. The molecule has 1 aromatic carbocycles. The van der Waals surface area contributed by atoms with E-state index in [4.69, 9.17) is 4.74 Å². The molecule has 0 unspecified atom stereocenters. The Morgan fingerprint density at radius 3 is 2.89 bits per heavy atom. The molecule has 2 atom stereocenters. The molecule has 0 spiro atoms. The Hall–Kier alpha value is -2.67. The summed E-state index contributed by atoms with van der Waals surface area (Å²) in [5, 5.41) is 6.81. The van der Waals surface area contributed by atoms with E-state index in [1.807, 2.05) is 37.3 Å². The molecule has 0 bridgehead atoms. The minimum atomic E-state index is -0.200. The van der Waals surface area contributed by atoms with E-state index in [-0.39, 0.29) is 23.9 Å². The van der Waals surface area contributed by atoms with Gasteiger partial charge in [0.15, 0.2) is 0 Å². The Kier molecular flexibility index (Phi) is 6.24. The molecule has 7 heteroatoms. The number of piperidine rings is 1. The molecule has 2 N–H and O–H groups in total. The van der Waals surface area contributed by atoms with Crippen molar-refractivity contribution in [3.63, 3.8) is 0 Å². The zero-order valence-electron chi connectivity index (χ0n) is 15.8. The highest BCUT2D eigenvalue weighted by Crippen LogP contribution is 2.25. The monoisotopic (exact) mass is 370 g/mol. The summed E-state index contributed by atoms with van der Waals surface area (Å²) in [7, 11) is 1.60. The lowest BCUT2D eigenvalue weighted by molar-refractivity contribution is -0.126. The molecule has 1 aromatic heterocycles. The fraction of sp³-hybridized carbons (Fsp3) is 0.450. The number of rotatable bonds is 5. The highest BCUT2D eigenvalue weighted by atomic mass is 16.5. The van der Waals surface area contributed by atoms with Crippen LogP contribution < -0.4 is 10.6 Å². The summed E-state index contributed by atoms with van der Waals surface area (Å²) < 4.78 is 4.96. The van der Waals surface area contributed by atoms with Gasteiger partial charge in [-0.1, -0.05) is 18.2 Å². The molecule has 1 aliphatic rings. The number of carbonyl (C=O) groups is 2. The number of aromatic nitrogens is 1. The molecule has 0 saturated carbocycles. The third-order valence-corrected chi connectivity index (χ3v) is 4.99. The third-order valence-electron chi connectivity index (χ3n) is 4.99. The second kappa shape index (κ2) is 8.81. The second-order valence-corrected chi connectivity index (χ2v) is 6.87. The first-order valence-corrected chi connectivity index (χ1v) is 9.28. The number of pyridine rings is 1. The first-order valence-electron chi connectivity index (χ1n) is 9.28. The lowest BCUT2D eigenvalue weighted by atomic mass is 9.93. The van der Waals surface area contributed by atoms with Crippen molar-refractivity contribution in [3.05, 3.63) is 36.5 Å². The van der Waals surface area contributed by atoms with Crippen LogP contribution in [0.15, 0.2) is 36.5 Å². The number of hydrogen-bond donors (Lipinski definition) is 2. The number of amides is 3. The van der Waals surface area contributed by atoms with Gasteiger partial charge in [0.25, 0.3) is 0 Å². The smallest absolute Gasteiger partial charge is 0.322 e. The number of methoxy groups -OCH3 is 1. The molecule has 7 nitrogen and oxygen atoms in total. The lowest BCUT2D eigenvalue weighted by Gasteiger charge is -2.37. The van der Waals surface area contributed by atoms with Crippen LogP contribution >= 0.6 is 0 Å². The summed E-state index contributed by atoms with van der Waals surface area (Å²) in [5.74, 6) is -0.224. The van der Waals surface area contributed by atoms with Gasteiger partial charge in [-0.15, -0.1) is 0 Å². The second-order valence-electron chi connectivity index (χ2n) is 6.87. The van der Waals surface area contributed by atoms with Gasteiger partial charge in [0.1, 0.15) is 0 Å². The molecule has 2 aromatic rings. The molecule has 1 saturated heterocycles. The number of hydrogen-bond acceptors (Lipinski definition) is 4. The van der Waals surface area contributed by atoms with Crippen LogP contribution in [0, 0.1) is 5.92 Å². The molecule has 1 fully saturated rings. The molecule has 0 aliphatic carbocycles. The molecule has 0 radical (unpaired) electrons. The maximum Gasteiger partial charge on any atom is 0.322 e. The fourth-order valence-electron chi connectivity index (χ4n) is 3.42. The Morgan fingerprint density at radius 1 is 1.26 bits per heavy atom. The Balaban J connectivity index is 1.68. The summed E-state index contributed by atoms with van der Waals surface area (Å²) in [5.41, 5.74) is 1.43. The molecule has 3 amide bonds. The number of carbonyl (C=O) groups excluding carboxylic acids is 2. The van der Waals surface area contributed by atoms with Crippen molar-refractivity contribution in [1.29, 1.82) is 0 Å². The predicted octanol–water partition coefficient (Wildman–Crippen LogP) is 2.63. The summed E-state index contributed by atoms with van der Waals surface area (Å²) in [6, 6.07) is 9.41. The molecule has 144 valence electrons. The van der Waals surface area contributed by atoms with Gasteiger partial charge in [0.05, 0.1) is 23.7 Å². The van der Waals surface area contributed by atoms with E-state index in [9.17, 15) is 9.59 Å². The summed E-state index contributed by atoms with van der Waals surface area (Å²) in [6.07, 6.45) is 3.28. The summed E-state index contributed by atoms with van der Waals surface area (Å²) in [4.78, 5) is 31.3. The van der Waals surface area contributed by atoms with E-state index < -0.39 is 0 Å². The summed E-state index contributed by atoms with van der Waals surface area (Å²) >= 11 is 0. The van der Waals surface area contributed by atoms with Crippen molar-refractivity contribution >= 4 is 28.5 Å².